The first-order valence-electron chi connectivity index (χ1n) is 14.7. The number of anilines is 3. The Bertz CT molecular complexity index is 2150. The molecule has 4 nitrogen and oxygen atoms in total. The summed E-state index contributed by atoms with van der Waals surface area (Å²) in [6.45, 7) is 0. The molecule has 0 atom stereocenters. The average Bonchev–Trinajstić information content (AvgIpc) is 3.44. The van der Waals surface area contributed by atoms with Gasteiger partial charge in [-0.2, -0.15) is 0 Å². The fraction of sp³-hybridized carbons (Fsp3) is 0. The molecule has 0 aliphatic heterocycles. The van der Waals surface area contributed by atoms with Gasteiger partial charge in [0.05, 0.1) is 16.7 Å². The zero-order valence-electron chi connectivity index (χ0n) is 24.0. The molecule has 44 heavy (non-hydrogen) atoms. The van der Waals surface area contributed by atoms with Crippen molar-refractivity contribution in [2.75, 3.05) is 4.90 Å². The van der Waals surface area contributed by atoms with Crippen molar-refractivity contribution in [2.24, 2.45) is 0 Å². The summed E-state index contributed by atoms with van der Waals surface area (Å²) < 4.78 is 2.32. The van der Waals surface area contributed by atoms with E-state index in [-0.39, 0.29) is 0 Å². The van der Waals surface area contributed by atoms with Crippen LogP contribution in [-0.4, -0.2) is 14.5 Å². The van der Waals surface area contributed by atoms with Crippen LogP contribution in [0.5, 0.6) is 0 Å². The molecule has 3 heterocycles. The first-order chi connectivity index (χ1) is 21.8. The van der Waals surface area contributed by atoms with E-state index in [4.69, 9.17) is 4.98 Å². The quantitative estimate of drug-likeness (QED) is 0.201. The van der Waals surface area contributed by atoms with E-state index in [1.165, 1.54) is 5.56 Å². The molecular weight excluding hydrogens is 536 g/mol. The normalized spacial score (nSPS) is 11.2. The Hall–Kier alpha value is -6.00. The third-order valence-electron chi connectivity index (χ3n) is 8.13. The van der Waals surface area contributed by atoms with Gasteiger partial charge in [-0.1, -0.05) is 84.9 Å². The van der Waals surface area contributed by atoms with Crippen LogP contribution in [0.3, 0.4) is 0 Å². The lowest BCUT2D eigenvalue weighted by molar-refractivity contribution is 1.17. The number of para-hydroxylation sites is 2. The van der Waals surface area contributed by atoms with Crippen molar-refractivity contribution >= 4 is 38.9 Å². The molecular formula is C40H28N4. The van der Waals surface area contributed by atoms with E-state index >= 15 is 0 Å². The number of fused-ring (bicyclic) bond motifs is 3. The molecule has 3 aromatic heterocycles. The summed E-state index contributed by atoms with van der Waals surface area (Å²) in [7, 11) is 0. The molecule has 0 fully saturated rings. The average molecular weight is 565 g/mol. The Morgan fingerprint density at radius 2 is 1.09 bits per heavy atom. The van der Waals surface area contributed by atoms with Crippen molar-refractivity contribution in [1.82, 2.24) is 14.5 Å². The van der Waals surface area contributed by atoms with E-state index in [0.717, 1.165) is 61.4 Å². The molecule has 0 bridgehead atoms. The molecule has 0 amide bonds. The molecule has 5 aromatic carbocycles. The Balaban J connectivity index is 1.20. The van der Waals surface area contributed by atoms with Gasteiger partial charge in [-0.25, -0.2) is 0 Å². The number of pyridine rings is 2. The van der Waals surface area contributed by atoms with Gasteiger partial charge in [-0.05, 0) is 72.3 Å². The summed E-state index contributed by atoms with van der Waals surface area (Å²) in [4.78, 5) is 11.6. The van der Waals surface area contributed by atoms with Gasteiger partial charge in [-0.3, -0.25) is 9.97 Å². The fourth-order valence-corrected chi connectivity index (χ4v) is 6.02. The van der Waals surface area contributed by atoms with Gasteiger partial charge < -0.3 is 9.47 Å². The molecule has 0 saturated heterocycles. The highest BCUT2D eigenvalue weighted by Gasteiger charge is 2.17. The molecule has 0 spiro atoms. The first kappa shape index (κ1) is 25.7. The Morgan fingerprint density at radius 1 is 0.455 bits per heavy atom. The lowest BCUT2D eigenvalue weighted by Gasteiger charge is -2.25. The van der Waals surface area contributed by atoms with Crippen LogP contribution < -0.4 is 4.90 Å². The van der Waals surface area contributed by atoms with Crippen LogP contribution in [0.2, 0.25) is 0 Å². The second kappa shape index (κ2) is 11.0. The number of rotatable bonds is 6. The summed E-state index contributed by atoms with van der Waals surface area (Å²) in [6, 6.07) is 53.1. The molecule has 0 saturated carbocycles. The van der Waals surface area contributed by atoms with E-state index in [2.05, 4.69) is 160 Å². The van der Waals surface area contributed by atoms with Crippen molar-refractivity contribution in [3.63, 3.8) is 0 Å². The van der Waals surface area contributed by atoms with Crippen LogP contribution in [0.15, 0.2) is 170 Å². The first-order valence-corrected chi connectivity index (χ1v) is 14.7. The minimum atomic E-state index is 0.953. The van der Waals surface area contributed by atoms with Gasteiger partial charge in [0.25, 0.3) is 0 Å². The topological polar surface area (TPSA) is 34.0 Å². The zero-order valence-corrected chi connectivity index (χ0v) is 24.0. The monoisotopic (exact) mass is 564 g/mol. The Labute approximate surface area is 256 Å². The molecule has 8 rings (SSSR count). The number of aromatic nitrogens is 3. The highest BCUT2D eigenvalue weighted by molar-refractivity contribution is 6.10. The standard InChI is InChI=1S/C40H28N4/c1-4-10-29(11-5-1)31-18-22-38(42-27-31)30-16-19-34(20-17-30)44-39-23-21-35(26-36(39)37-28-41-25-24-40(37)44)43(32-12-6-2-7-13-32)33-14-8-3-9-15-33/h1-28H. The molecule has 0 aliphatic carbocycles. The molecule has 208 valence electrons. The van der Waals surface area contributed by atoms with Gasteiger partial charge in [0.1, 0.15) is 0 Å². The molecule has 8 aromatic rings. The third-order valence-corrected chi connectivity index (χ3v) is 8.13. The minimum absolute atomic E-state index is 0.953. The van der Waals surface area contributed by atoms with Crippen LogP contribution in [0.4, 0.5) is 17.1 Å². The largest absolute Gasteiger partial charge is 0.310 e. The SMILES string of the molecule is c1ccc(-c2ccc(-c3ccc(-n4c5ccncc5c5cc(N(c6ccccc6)c6ccccc6)ccc54)cc3)nc2)cc1. The number of hydrogen-bond acceptors (Lipinski definition) is 3. The van der Waals surface area contributed by atoms with Crippen molar-refractivity contribution in [3.05, 3.63) is 170 Å². The number of hydrogen-bond donors (Lipinski definition) is 0. The predicted molar refractivity (Wildman–Crippen MR) is 182 cm³/mol. The number of benzene rings is 5. The van der Waals surface area contributed by atoms with Crippen LogP contribution in [-0.2, 0) is 0 Å². The molecule has 4 heteroatoms. The van der Waals surface area contributed by atoms with Gasteiger partial charge in [0, 0.05) is 63.2 Å². The van der Waals surface area contributed by atoms with Crippen molar-refractivity contribution in [1.29, 1.82) is 0 Å². The van der Waals surface area contributed by atoms with E-state index in [1.54, 1.807) is 0 Å². The maximum absolute atomic E-state index is 4.77. The Kier molecular flexibility index (Phi) is 6.43. The van der Waals surface area contributed by atoms with E-state index < -0.39 is 0 Å². The van der Waals surface area contributed by atoms with Crippen molar-refractivity contribution in [3.8, 4) is 28.1 Å². The fourth-order valence-electron chi connectivity index (χ4n) is 6.02. The smallest absolute Gasteiger partial charge is 0.0702 e. The predicted octanol–water partition coefficient (Wildman–Crippen LogP) is 10.4. The van der Waals surface area contributed by atoms with Crippen LogP contribution in [0, 0.1) is 0 Å². The van der Waals surface area contributed by atoms with E-state index in [1.807, 2.05) is 24.7 Å². The zero-order chi connectivity index (χ0) is 29.3. The lowest BCUT2D eigenvalue weighted by atomic mass is 10.1. The molecule has 0 N–H and O–H groups in total. The highest BCUT2D eigenvalue weighted by Crippen LogP contribution is 2.39. The van der Waals surface area contributed by atoms with E-state index in [0.29, 0.717) is 0 Å². The van der Waals surface area contributed by atoms with Gasteiger partial charge in [0.15, 0.2) is 0 Å². The summed E-state index contributed by atoms with van der Waals surface area (Å²) >= 11 is 0. The maximum Gasteiger partial charge on any atom is 0.0702 e. The van der Waals surface area contributed by atoms with Gasteiger partial charge in [-0.15, -0.1) is 0 Å². The minimum Gasteiger partial charge on any atom is -0.310 e. The molecule has 0 radical (unpaired) electrons. The van der Waals surface area contributed by atoms with Gasteiger partial charge >= 0.3 is 0 Å². The van der Waals surface area contributed by atoms with Gasteiger partial charge in [0.2, 0.25) is 0 Å². The van der Waals surface area contributed by atoms with Crippen molar-refractivity contribution in [2.45, 2.75) is 0 Å². The highest BCUT2D eigenvalue weighted by atomic mass is 15.1. The molecule has 0 unspecified atom stereocenters. The van der Waals surface area contributed by atoms with Crippen LogP contribution in [0.25, 0.3) is 49.9 Å². The second-order valence-electron chi connectivity index (χ2n) is 10.8. The summed E-state index contributed by atoms with van der Waals surface area (Å²) in [6.07, 6.45) is 5.79. The van der Waals surface area contributed by atoms with Crippen LogP contribution >= 0.6 is 0 Å². The van der Waals surface area contributed by atoms with Crippen molar-refractivity contribution < 1.29 is 0 Å². The number of nitrogens with zero attached hydrogens (tertiary/aromatic N) is 4. The summed E-state index contributed by atoms with van der Waals surface area (Å²) in [5.74, 6) is 0. The maximum atomic E-state index is 4.77. The second-order valence-corrected chi connectivity index (χ2v) is 10.8. The lowest BCUT2D eigenvalue weighted by Crippen LogP contribution is -2.09. The van der Waals surface area contributed by atoms with Crippen LogP contribution in [0.1, 0.15) is 0 Å². The third kappa shape index (κ3) is 4.59. The summed E-state index contributed by atoms with van der Waals surface area (Å²) in [5, 5.41) is 2.28. The summed E-state index contributed by atoms with van der Waals surface area (Å²) in [5.41, 5.74) is 11.0. The molecule has 0 aliphatic rings. The Morgan fingerprint density at radius 3 is 1.75 bits per heavy atom. The van der Waals surface area contributed by atoms with E-state index in [9.17, 15) is 0 Å².